The summed E-state index contributed by atoms with van der Waals surface area (Å²) in [5, 5.41) is 6.09. The Morgan fingerprint density at radius 2 is 1.83 bits per heavy atom. The maximum absolute atomic E-state index is 11.9. The van der Waals surface area contributed by atoms with Gasteiger partial charge in [-0.25, -0.2) is 4.98 Å². The molecule has 0 aliphatic heterocycles. The van der Waals surface area contributed by atoms with Gasteiger partial charge in [0.15, 0.2) is 0 Å². The zero-order valence-electron chi connectivity index (χ0n) is 13.6. The van der Waals surface area contributed by atoms with Gasteiger partial charge in [-0.15, -0.1) is 0 Å². The van der Waals surface area contributed by atoms with Crippen molar-refractivity contribution in [2.45, 2.75) is 26.7 Å². The summed E-state index contributed by atoms with van der Waals surface area (Å²) in [5.74, 6) is 0.710. The molecule has 0 saturated heterocycles. The average molecular weight is 313 g/mol. The maximum Gasteiger partial charge on any atom is 0.269 e. The molecule has 5 nitrogen and oxygen atoms in total. The molecule has 23 heavy (non-hydrogen) atoms. The van der Waals surface area contributed by atoms with Gasteiger partial charge in [-0.3, -0.25) is 4.79 Å². The van der Waals surface area contributed by atoms with E-state index in [9.17, 15) is 4.79 Å². The van der Waals surface area contributed by atoms with Crippen LogP contribution in [-0.4, -0.2) is 24.0 Å². The lowest BCUT2D eigenvalue weighted by atomic mass is 10.2. The molecule has 0 radical (unpaired) electrons. The van der Waals surface area contributed by atoms with Gasteiger partial charge in [0.05, 0.1) is 18.5 Å². The highest BCUT2D eigenvalue weighted by atomic mass is 16.5. The van der Waals surface area contributed by atoms with Crippen LogP contribution in [0.4, 0.5) is 11.4 Å². The number of carbonyl (C=O) groups is 1. The fourth-order valence-electron chi connectivity index (χ4n) is 2.04. The molecule has 0 fully saturated rings. The molecule has 0 unspecified atom stereocenters. The van der Waals surface area contributed by atoms with E-state index in [0.717, 1.165) is 30.0 Å². The Balaban J connectivity index is 1.92. The SMILES string of the molecule is CCCCNC(=O)c1ccc(Nc2ccc(OCC)cc2)cn1. The normalized spacial score (nSPS) is 10.2. The minimum atomic E-state index is -0.133. The van der Waals surface area contributed by atoms with E-state index in [4.69, 9.17) is 4.74 Å². The van der Waals surface area contributed by atoms with Crippen LogP contribution in [0.1, 0.15) is 37.2 Å². The second-order valence-corrected chi connectivity index (χ2v) is 5.12. The third kappa shape index (κ3) is 5.29. The number of carbonyl (C=O) groups excluding carboxylic acids is 1. The summed E-state index contributed by atoms with van der Waals surface area (Å²) in [6.45, 7) is 5.38. The molecule has 2 rings (SSSR count). The first-order valence-electron chi connectivity index (χ1n) is 7.97. The second kappa shape index (κ2) is 8.78. The topological polar surface area (TPSA) is 63.2 Å². The fraction of sp³-hybridized carbons (Fsp3) is 0.333. The Morgan fingerprint density at radius 1 is 1.09 bits per heavy atom. The van der Waals surface area contributed by atoms with Crippen LogP contribution in [0.3, 0.4) is 0 Å². The van der Waals surface area contributed by atoms with E-state index in [2.05, 4.69) is 22.5 Å². The largest absolute Gasteiger partial charge is 0.494 e. The highest BCUT2D eigenvalue weighted by molar-refractivity contribution is 5.92. The molecule has 0 atom stereocenters. The third-order valence-electron chi connectivity index (χ3n) is 3.27. The number of benzene rings is 1. The quantitative estimate of drug-likeness (QED) is 0.729. The summed E-state index contributed by atoms with van der Waals surface area (Å²) < 4.78 is 5.41. The lowest BCUT2D eigenvalue weighted by molar-refractivity contribution is 0.0948. The molecule has 0 spiro atoms. The van der Waals surface area contributed by atoms with Crippen LogP contribution in [-0.2, 0) is 0 Å². The van der Waals surface area contributed by atoms with Crippen LogP contribution in [0.15, 0.2) is 42.6 Å². The lowest BCUT2D eigenvalue weighted by Gasteiger charge is -2.08. The number of aromatic nitrogens is 1. The Bertz CT molecular complexity index is 609. The van der Waals surface area contributed by atoms with Crippen molar-refractivity contribution in [1.29, 1.82) is 0 Å². The molecule has 122 valence electrons. The van der Waals surface area contributed by atoms with Gasteiger partial charge < -0.3 is 15.4 Å². The van der Waals surface area contributed by atoms with Gasteiger partial charge in [0.1, 0.15) is 11.4 Å². The predicted octanol–water partition coefficient (Wildman–Crippen LogP) is 3.75. The van der Waals surface area contributed by atoms with Crippen LogP contribution in [0, 0.1) is 0 Å². The van der Waals surface area contributed by atoms with Crippen molar-refractivity contribution in [3.8, 4) is 5.75 Å². The number of anilines is 2. The van der Waals surface area contributed by atoms with Crippen molar-refractivity contribution in [2.24, 2.45) is 0 Å². The second-order valence-electron chi connectivity index (χ2n) is 5.12. The molecule has 2 N–H and O–H groups in total. The minimum absolute atomic E-state index is 0.133. The summed E-state index contributed by atoms with van der Waals surface area (Å²) >= 11 is 0. The molecule has 5 heteroatoms. The first kappa shape index (κ1) is 16.8. The first-order valence-corrected chi connectivity index (χ1v) is 7.97. The molecule has 0 saturated carbocycles. The molecule has 1 aromatic heterocycles. The standard InChI is InChI=1S/C18H23N3O2/c1-3-5-12-19-18(22)17-11-8-15(13-20-17)21-14-6-9-16(10-7-14)23-4-2/h6-11,13,21H,3-5,12H2,1-2H3,(H,19,22). The third-order valence-corrected chi connectivity index (χ3v) is 3.27. The van der Waals surface area contributed by atoms with Crippen molar-refractivity contribution in [3.63, 3.8) is 0 Å². The van der Waals surface area contributed by atoms with Gasteiger partial charge in [-0.2, -0.15) is 0 Å². The Morgan fingerprint density at radius 3 is 2.43 bits per heavy atom. The molecule has 1 heterocycles. The molecule has 0 aliphatic rings. The van der Waals surface area contributed by atoms with Crippen LogP contribution in [0.5, 0.6) is 5.75 Å². The van der Waals surface area contributed by atoms with Crippen LogP contribution in [0.25, 0.3) is 0 Å². The highest BCUT2D eigenvalue weighted by Gasteiger charge is 2.06. The van der Waals surface area contributed by atoms with E-state index in [1.165, 1.54) is 0 Å². The molecular formula is C18H23N3O2. The van der Waals surface area contributed by atoms with Gasteiger partial charge in [-0.1, -0.05) is 13.3 Å². The zero-order chi connectivity index (χ0) is 16.5. The number of nitrogens with zero attached hydrogens (tertiary/aromatic N) is 1. The number of unbranched alkanes of at least 4 members (excludes halogenated alkanes) is 1. The molecule has 1 amide bonds. The van der Waals surface area contributed by atoms with Gasteiger partial charge in [0.2, 0.25) is 0 Å². The van der Waals surface area contributed by atoms with Crippen molar-refractivity contribution in [2.75, 3.05) is 18.5 Å². The highest BCUT2D eigenvalue weighted by Crippen LogP contribution is 2.19. The number of ether oxygens (including phenoxy) is 1. The number of amides is 1. The van der Waals surface area contributed by atoms with E-state index < -0.39 is 0 Å². The predicted molar refractivity (Wildman–Crippen MR) is 92.4 cm³/mol. The molecule has 2 aromatic rings. The van der Waals surface area contributed by atoms with Crippen LogP contribution >= 0.6 is 0 Å². The molecule has 1 aromatic carbocycles. The smallest absolute Gasteiger partial charge is 0.269 e. The summed E-state index contributed by atoms with van der Waals surface area (Å²) in [7, 11) is 0. The Kier molecular flexibility index (Phi) is 6.41. The number of rotatable bonds is 8. The maximum atomic E-state index is 11.9. The first-order chi connectivity index (χ1) is 11.2. The van der Waals surface area contributed by atoms with Gasteiger partial charge in [0, 0.05) is 12.2 Å². The van der Waals surface area contributed by atoms with E-state index in [1.54, 1.807) is 12.3 Å². The van der Waals surface area contributed by atoms with Crippen LogP contribution in [0.2, 0.25) is 0 Å². The minimum Gasteiger partial charge on any atom is -0.494 e. The summed E-state index contributed by atoms with van der Waals surface area (Å²) in [4.78, 5) is 16.1. The van der Waals surface area contributed by atoms with Crippen molar-refractivity contribution < 1.29 is 9.53 Å². The Hall–Kier alpha value is -2.56. The number of nitrogens with one attached hydrogen (secondary N) is 2. The zero-order valence-corrected chi connectivity index (χ0v) is 13.6. The fourth-order valence-corrected chi connectivity index (χ4v) is 2.04. The van der Waals surface area contributed by atoms with Crippen molar-refractivity contribution >= 4 is 17.3 Å². The number of hydrogen-bond acceptors (Lipinski definition) is 4. The lowest BCUT2D eigenvalue weighted by Crippen LogP contribution is -2.25. The van der Waals surface area contributed by atoms with E-state index >= 15 is 0 Å². The number of hydrogen-bond donors (Lipinski definition) is 2. The van der Waals surface area contributed by atoms with Crippen molar-refractivity contribution in [3.05, 3.63) is 48.3 Å². The number of pyridine rings is 1. The van der Waals surface area contributed by atoms with Gasteiger partial charge in [0.25, 0.3) is 5.91 Å². The van der Waals surface area contributed by atoms with Gasteiger partial charge >= 0.3 is 0 Å². The molecule has 0 bridgehead atoms. The van der Waals surface area contributed by atoms with Crippen molar-refractivity contribution in [1.82, 2.24) is 10.3 Å². The Labute approximate surface area is 137 Å². The van der Waals surface area contributed by atoms with E-state index in [1.807, 2.05) is 37.3 Å². The monoisotopic (exact) mass is 313 g/mol. The summed E-state index contributed by atoms with van der Waals surface area (Å²) in [5.41, 5.74) is 2.20. The van der Waals surface area contributed by atoms with E-state index in [-0.39, 0.29) is 5.91 Å². The van der Waals surface area contributed by atoms with Crippen LogP contribution < -0.4 is 15.4 Å². The summed E-state index contributed by atoms with van der Waals surface area (Å²) in [6.07, 6.45) is 3.69. The summed E-state index contributed by atoms with van der Waals surface area (Å²) in [6, 6.07) is 11.3. The van der Waals surface area contributed by atoms with E-state index in [0.29, 0.717) is 18.8 Å². The molecular weight excluding hydrogens is 290 g/mol. The average Bonchev–Trinajstić information content (AvgIpc) is 2.58. The van der Waals surface area contributed by atoms with Gasteiger partial charge in [-0.05, 0) is 49.7 Å². The molecule has 0 aliphatic carbocycles.